The smallest absolute Gasteiger partial charge is 0.355 e. The van der Waals surface area contributed by atoms with E-state index in [-0.39, 0.29) is 36.9 Å². The fourth-order valence-corrected chi connectivity index (χ4v) is 3.64. The number of carbonyl (C=O) groups excluding carboxylic acids is 3. The molecule has 204 valence electrons. The van der Waals surface area contributed by atoms with Gasteiger partial charge in [0.2, 0.25) is 5.91 Å². The van der Waals surface area contributed by atoms with E-state index in [1.54, 1.807) is 54.6 Å². The third kappa shape index (κ3) is 7.76. The van der Waals surface area contributed by atoms with Gasteiger partial charge in [0.25, 0.3) is 11.5 Å². The summed E-state index contributed by atoms with van der Waals surface area (Å²) in [5.41, 5.74) is 5.48. The molecule has 0 radical (unpaired) electrons. The Bertz CT molecular complexity index is 1460. The van der Waals surface area contributed by atoms with Crippen molar-refractivity contribution in [2.75, 3.05) is 37.5 Å². The average molecular weight is 536 g/mol. The van der Waals surface area contributed by atoms with Crippen LogP contribution in [0.5, 0.6) is 0 Å². The van der Waals surface area contributed by atoms with Crippen molar-refractivity contribution < 1.29 is 23.9 Å². The van der Waals surface area contributed by atoms with Crippen molar-refractivity contribution in [1.82, 2.24) is 14.9 Å². The van der Waals surface area contributed by atoms with E-state index in [9.17, 15) is 24.0 Å². The van der Waals surface area contributed by atoms with Crippen LogP contribution >= 0.6 is 0 Å². The highest BCUT2D eigenvalue weighted by Gasteiger charge is 2.26. The van der Waals surface area contributed by atoms with Gasteiger partial charge in [-0.05, 0) is 17.2 Å². The van der Waals surface area contributed by atoms with Crippen LogP contribution in [-0.2, 0) is 30.4 Å². The Balaban J connectivity index is 1.88. The molecule has 0 saturated carbocycles. The first kappa shape index (κ1) is 28.6. The molecule has 3 rings (SSSR count). The molecule has 0 spiro atoms. The molecule has 12 heteroatoms. The van der Waals surface area contributed by atoms with Gasteiger partial charge in [0.05, 0.1) is 13.2 Å². The molecule has 0 atom stereocenters. The standard InChI is InChI=1S/C27H29N5O7/c1-18(33)29-21(15-19-9-5-3-6-10-19)26(36)39-17-22(34)31(13-14-38-2)23-24(28)32(27(37)30-25(23)35)16-20-11-7-4-8-12-20/h3-12,15H,13-14,16-17,28H2,1-2H3,(H,29,33)(H,30,35,37)/b21-15+. The van der Waals surface area contributed by atoms with Gasteiger partial charge in [0.1, 0.15) is 11.5 Å². The largest absolute Gasteiger partial charge is 0.451 e. The Morgan fingerprint density at radius 1 is 1.05 bits per heavy atom. The lowest BCUT2D eigenvalue weighted by atomic mass is 10.2. The molecule has 0 aliphatic carbocycles. The predicted molar refractivity (Wildman–Crippen MR) is 145 cm³/mol. The van der Waals surface area contributed by atoms with Crippen LogP contribution in [0.1, 0.15) is 18.1 Å². The molecule has 12 nitrogen and oxygen atoms in total. The molecule has 2 aromatic carbocycles. The number of hydrogen-bond acceptors (Lipinski definition) is 8. The first-order valence-corrected chi connectivity index (χ1v) is 11.9. The van der Waals surface area contributed by atoms with E-state index >= 15 is 0 Å². The molecular weight excluding hydrogens is 506 g/mol. The molecule has 3 aromatic rings. The first-order valence-electron chi connectivity index (χ1n) is 11.9. The first-order chi connectivity index (χ1) is 18.7. The van der Waals surface area contributed by atoms with Gasteiger partial charge < -0.3 is 20.5 Å². The summed E-state index contributed by atoms with van der Waals surface area (Å²) in [6, 6.07) is 17.7. The number of H-pyrrole nitrogens is 1. The highest BCUT2D eigenvalue weighted by atomic mass is 16.5. The number of ether oxygens (including phenoxy) is 2. The number of nitrogens with two attached hydrogens (primary N) is 1. The monoisotopic (exact) mass is 535 g/mol. The summed E-state index contributed by atoms with van der Waals surface area (Å²) in [6.45, 7) is 0.374. The Morgan fingerprint density at radius 2 is 1.69 bits per heavy atom. The lowest BCUT2D eigenvalue weighted by Gasteiger charge is -2.24. The highest BCUT2D eigenvalue weighted by molar-refractivity contribution is 6.01. The van der Waals surface area contributed by atoms with Crippen LogP contribution in [0.3, 0.4) is 0 Å². The van der Waals surface area contributed by atoms with Gasteiger partial charge in [-0.3, -0.25) is 28.8 Å². The van der Waals surface area contributed by atoms with Crippen molar-refractivity contribution in [1.29, 1.82) is 0 Å². The third-order valence-corrected chi connectivity index (χ3v) is 5.46. The van der Waals surface area contributed by atoms with Gasteiger partial charge in [-0.15, -0.1) is 0 Å². The zero-order valence-corrected chi connectivity index (χ0v) is 21.5. The number of amides is 2. The van der Waals surface area contributed by atoms with Crippen molar-refractivity contribution in [2.45, 2.75) is 13.5 Å². The summed E-state index contributed by atoms with van der Waals surface area (Å²) in [5.74, 6) is -2.53. The van der Waals surface area contributed by atoms with E-state index in [1.807, 2.05) is 6.07 Å². The number of methoxy groups -OCH3 is 1. The zero-order valence-electron chi connectivity index (χ0n) is 21.5. The number of aromatic nitrogens is 2. The summed E-state index contributed by atoms with van der Waals surface area (Å²) >= 11 is 0. The Kier molecular flexibility index (Phi) is 9.93. The van der Waals surface area contributed by atoms with Crippen LogP contribution in [0.4, 0.5) is 11.5 Å². The fourth-order valence-electron chi connectivity index (χ4n) is 3.64. The van der Waals surface area contributed by atoms with Crippen molar-refractivity contribution in [3.8, 4) is 0 Å². The lowest BCUT2D eigenvalue weighted by molar-refractivity contribution is -0.144. The fraction of sp³-hybridized carbons (Fsp3) is 0.222. The molecule has 0 unspecified atom stereocenters. The Hall–Kier alpha value is -4.97. The van der Waals surface area contributed by atoms with Gasteiger partial charge >= 0.3 is 11.7 Å². The van der Waals surface area contributed by atoms with Crippen molar-refractivity contribution >= 4 is 35.4 Å². The average Bonchev–Trinajstić information content (AvgIpc) is 2.91. The molecule has 0 saturated heterocycles. The zero-order chi connectivity index (χ0) is 28.4. The molecule has 0 aliphatic rings. The topological polar surface area (TPSA) is 166 Å². The van der Waals surface area contributed by atoms with E-state index in [4.69, 9.17) is 15.2 Å². The molecule has 0 bridgehead atoms. The Morgan fingerprint density at radius 3 is 2.31 bits per heavy atom. The number of esters is 1. The SMILES string of the molecule is COCCN(C(=O)COC(=O)/C(=C\c1ccccc1)NC(C)=O)c1c(N)n(Cc2ccccc2)c(=O)[nH]c1=O. The van der Waals surface area contributed by atoms with Crippen LogP contribution in [0, 0.1) is 0 Å². The van der Waals surface area contributed by atoms with Crippen molar-refractivity contribution in [3.05, 3.63) is 98.3 Å². The summed E-state index contributed by atoms with van der Waals surface area (Å²) < 4.78 is 11.4. The van der Waals surface area contributed by atoms with Gasteiger partial charge in [0, 0.05) is 20.6 Å². The molecule has 4 N–H and O–H groups in total. The molecule has 0 aliphatic heterocycles. The van der Waals surface area contributed by atoms with Crippen LogP contribution in [0.2, 0.25) is 0 Å². The molecule has 0 fully saturated rings. The molecule has 1 aromatic heterocycles. The second-order valence-electron chi connectivity index (χ2n) is 8.33. The molecule has 39 heavy (non-hydrogen) atoms. The van der Waals surface area contributed by atoms with Crippen LogP contribution in [0.15, 0.2) is 75.9 Å². The minimum atomic E-state index is -0.968. The quantitative estimate of drug-likeness (QED) is 0.240. The predicted octanol–water partition coefficient (Wildman–Crippen LogP) is 0.867. The van der Waals surface area contributed by atoms with E-state index in [1.165, 1.54) is 20.1 Å². The lowest BCUT2D eigenvalue weighted by Crippen LogP contribution is -2.44. The maximum Gasteiger partial charge on any atom is 0.355 e. The second kappa shape index (κ2) is 13.5. The van der Waals surface area contributed by atoms with Gasteiger partial charge in [0.15, 0.2) is 12.3 Å². The summed E-state index contributed by atoms with van der Waals surface area (Å²) in [5, 5.41) is 2.39. The second-order valence-corrected chi connectivity index (χ2v) is 8.33. The number of nitrogens with one attached hydrogen (secondary N) is 2. The van der Waals surface area contributed by atoms with Crippen molar-refractivity contribution in [2.24, 2.45) is 0 Å². The number of anilines is 2. The number of benzene rings is 2. The Labute approximate surface area is 223 Å². The number of hydrogen-bond donors (Lipinski definition) is 3. The van der Waals surface area contributed by atoms with E-state index in [0.717, 1.165) is 15.0 Å². The number of nitrogens with zero attached hydrogens (tertiary/aromatic N) is 2. The summed E-state index contributed by atoms with van der Waals surface area (Å²) in [4.78, 5) is 66.1. The van der Waals surface area contributed by atoms with Gasteiger partial charge in [-0.25, -0.2) is 9.59 Å². The van der Waals surface area contributed by atoms with E-state index in [2.05, 4.69) is 10.3 Å². The maximum atomic E-state index is 13.2. The summed E-state index contributed by atoms with van der Waals surface area (Å²) in [6.07, 6.45) is 1.40. The number of rotatable bonds is 11. The van der Waals surface area contributed by atoms with Crippen LogP contribution < -0.4 is 27.2 Å². The number of aromatic amines is 1. The third-order valence-electron chi connectivity index (χ3n) is 5.46. The van der Waals surface area contributed by atoms with E-state index in [0.29, 0.717) is 5.56 Å². The summed E-state index contributed by atoms with van der Waals surface area (Å²) in [7, 11) is 1.40. The van der Waals surface area contributed by atoms with Crippen LogP contribution in [0.25, 0.3) is 6.08 Å². The van der Waals surface area contributed by atoms with Gasteiger partial charge in [-0.2, -0.15) is 0 Å². The molecule has 1 heterocycles. The number of carbonyl (C=O) groups is 3. The minimum absolute atomic E-state index is 0.0153. The number of nitrogen functional groups attached to an aromatic ring is 1. The minimum Gasteiger partial charge on any atom is -0.451 e. The molecule has 2 amide bonds. The maximum absolute atomic E-state index is 13.2. The van der Waals surface area contributed by atoms with Crippen LogP contribution in [-0.4, -0.2) is 54.2 Å². The highest BCUT2D eigenvalue weighted by Crippen LogP contribution is 2.18. The van der Waals surface area contributed by atoms with Crippen molar-refractivity contribution in [3.63, 3.8) is 0 Å². The van der Waals surface area contributed by atoms with E-state index < -0.39 is 35.6 Å². The molecular formula is C27H29N5O7. The van der Waals surface area contributed by atoms with Gasteiger partial charge in [-0.1, -0.05) is 60.7 Å². The normalized spacial score (nSPS) is 11.1.